The third-order valence-electron chi connectivity index (χ3n) is 4.95. The number of halogens is 1. The van der Waals surface area contributed by atoms with E-state index >= 15 is 0 Å². The molecule has 0 atom stereocenters. The summed E-state index contributed by atoms with van der Waals surface area (Å²) in [5.74, 6) is 7.22. The number of nitrogens with zero attached hydrogens (tertiary/aromatic N) is 3. The molecule has 2 aromatic carbocycles. The van der Waals surface area contributed by atoms with Gasteiger partial charge in [-0.2, -0.15) is 0 Å². The lowest BCUT2D eigenvalue weighted by Gasteiger charge is -2.22. The van der Waals surface area contributed by atoms with Crippen molar-refractivity contribution in [3.63, 3.8) is 0 Å². The van der Waals surface area contributed by atoms with E-state index in [1.807, 2.05) is 0 Å². The van der Waals surface area contributed by atoms with Crippen molar-refractivity contribution >= 4 is 11.8 Å². The second-order valence-corrected chi connectivity index (χ2v) is 9.11. The third kappa shape index (κ3) is 4.38. The zero-order valence-corrected chi connectivity index (χ0v) is 17.9. The Morgan fingerprint density at radius 2 is 1.71 bits per heavy atom. The first-order valence-corrected chi connectivity index (χ1v) is 10.3. The molecule has 0 aliphatic carbocycles. The van der Waals surface area contributed by atoms with E-state index in [-0.39, 0.29) is 11.2 Å². The smallest absolute Gasteiger partial charge is 0.210 e. The number of rotatable bonds is 5. The van der Waals surface area contributed by atoms with Crippen molar-refractivity contribution in [1.82, 2.24) is 14.9 Å². The van der Waals surface area contributed by atoms with E-state index in [2.05, 4.69) is 56.9 Å². The fraction of sp³-hybridized carbons (Fsp3) is 0.364. The van der Waals surface area contributed by atoms with E-state index in [1.54, 1.807) is 30.0 Å². The van der Waals surface area contributed by atoms with Crippen molar-refractivity contribution < 1.29 is 4.39 Å². The van der Waals surface area contributed by atoms with E-state index < -0.39 is 0 Å². The third-order valence-corrected chi connectivity index (χ3v) is 5.92. The number of hydrogen-bond acceptors (Lipinski definition) is 4. The van der Waals surface area contributed by atoms with Gasteiger partial charge in [-0.1, -0.05) is 62.9 Å². The summed E-state index contributed by atoms with van der Waals surface area (Å²) in [6, 6.07) is 11.2. The van der Waals surface area contributed by atoms with Gasteiger partial charge in [0, 0.05) is 12.2 Å². The lowest BCUT2D eigenvalue weighted by Crippen LogP contribution is -2.15. The van der Waals surface area contributed by atoms with Gasteiger partial charge in [-0.05, 0) is 53.1 Å². The lowest BCUT2D eigenvalue weighted by atomic mass is 9.84. The predicted molar refractivity (Wildman–Crippen MR) is 114 cm³/mol. The van der Waals surface area contributed by atoms with Crippen LogP contribution in [0.3, 0.4) is 0 Å². The highest BCUT2D eigenvalue weighted by Crippen LogP contribution is 2.30. The Balaban J connectivity index is 1.76. The van der Waals surface area contributed by atoms with E-state index in [4.69, 9.17) is 5.84 Å². The molecule has 0 fully saturated rings. The Labute approximate surface area is 170 Å². The number of benzene rings is 2. The molecule has 148 valence electrons. The number of nitrogen functional groups attached to an aromatic ring is 1. The molecule has 0 spiro atoms. The summed E-state index contributed by atoms with van der Waals surface area (Å²) in [6.45, 7) is 11.0. The first-order valence-electron chi connectivity index (χ1n) is 9.33. The summed E-state index contributed by atoms with van der Waals surface area (Å²) in [7, 11) is 0. The fourth-order valence-corrected chi connectivity index (χ4v) is 4.20. The Kier molecular flexibility index (Phi) is 5.79. The second-order valence-electron chi connectivity index (χ2n) is 8.16. The Hall–Kier alpha value is -2.34. The van der Waals surface area contributed by atoms with Gasteiger partial charge in [-0.15, -0.1) is 10.2 Å². The van der Waals surface area contributed by atoms with E-state index in [0.29, 0.717) is 23.0 Å². The van der Waals surface area contributed by atoms with Crippen LogP contribution in [0.25, 0.3) is 0 Å². The van der Waals surface area contributed by atoms with Crippen molar-refractivity contribution in [2.24, 2.45) is 0 Å². The van der Waals surface area contributed by atoms with Crippen molar-refractivity contribution in [3.05, 3.63) is 75.9 Å². The normalized spacial score (nSPS) is 11.8. The maximum atomic E-state index is 13.9. The molecule has 0 bridgehead atoms. The quantitative estimate of drug-likeness (QED) is 0.489. The predicted octanol–water partition coefficient (Wildman–Crippen LogP) is 4.93. The minimum Gasteiger partial charge on any atom is -0.336 e. The molecule has 0 aliphatic rings. The van der Waals surface area contributed by atoms with Gasteiger partial charge in [0.2, 0.25) is 5.16 Å². The molecular formula is C22H27FN4S. The number of hydrogen-bond donors (Lipinski definition) is 1. The average molecular weight is 399 g/mol. The molecule has 1 heterocycles. The van der Waals surface area contributed by atoms with Crippen LogP contribution in [-0.4, -0.2) is 14.9 Å². The number of aryl methyl sites for hydroxylation is 2. The van der Waals surface area contributed by atoms with Crippen LogP contribution in [0.4, 0.5) is 4.39 Å². The van der Waals surface area contributed by atoms with E-state index in [1.165, 1.54) is 33.0 Å². The first kappa shape index (κ1) is 20.4. The highest BCUT2D eigenvalue weighted by atomic mass is 32.2. The first-order chi connectivity index (χ1) is 13.2. The summed E-state index contributed by atoms with van der Waals surface area (Å²) >= 11 is 1.55. The highest BCUT2D eigenvalue weighted by Gasteiger charge is 2.18. The highest BCUT2D eigenvalue weighted by molar-refractivity contribution is 7.98. The Morgan fingerprint density at radius 1 is 1.07 bits per heavy atom. The molecule has 28 heavy (non-hydrogen) atoms. The van der Waals surface area contributed by atoms with Gasteiger partial charge in [-0.25, -0.2) is 9.07 Å². The van der Waals surface area contributed by atoms with Crippen LogP contribution in [0.15, 0.2) is 41.6 Å². The second kappa shape index (κ2) is 7.95. The summed E-state index contributed by atoms with van der Waals surface area (Å²) in [5.41, 5.74) is 5.85. The Bertz CT molecular complexity index is 965. The molecule has 0 aliphatic heterocycles. The molecule has 2 N–H and O–H groups in total. The van der Waals surface area contributed by atoms with E-state index in [0.717, 1.165) is 5.75 Å². The molecule has 1 aromatic heterocycles. The summed E-state index contributed by atoms with van der Waals surface area (Å²) in [5, 5.41) is 8.99. The molecule has 4 nitrogen and oxygen atoms in total. The largest absolute Gasteiger partial charge is 0.336 e. The van der Waals surface area contributed by atoms with Gasteiger partial charge >= 0.3 is 0 Å². The van der Waals surface area contributed by atoms with Crippen LogP contribution in [0.5, 0.6) is 0 Å². The van der Waals surface area contributed by atoms with Gasteiger partial charge in [0.25, 0.3) is 0 Å². The van der Waals surface area contributed by atoms with Crippen LogP contribution in [0.1, 0.15) is 54.4 Å². The zero-order valence-electron chi connectivity index (χ0n) is 17.1. The van der Waals surface area contributed by atoms with Crippen LogP contribution >= 0.6 is 11.8 Å². The van der Waals surface area contributed by atoms with Crippen molar-refractivity contribution in [1.29, 1.82) is 0 Å². The van der Waals surface area contributed by atoms with Crippen molar-refractivity contribution in [2.45, 2.75) is 57.4 Å². The van der Waals surface area contributed by atoms with Gasteiger partial charge in [0.15, 0.2) is 5.82 Å². The van der Waals surface area contributed by atoms with Crippen molar-refractivity contribution in [3.8, 4) is 0 Å². The molecule has 0 saturated carbocycles. The van der Waals surface area contributed by atoms with Gasteiger partial charge < -0.3 is 5.84 Å². The van der Waals surface area contributed by atoms with Gasteiger partial charge in [0.1, 0.15) is 5.82 Å². The standard InChI is InChI=1S/C22H27FN4S/c1-14-10-17(22(3,4)5)11-15(2)18(14)13-28-21-26-25-20(27(21)24)12-16-8-6-7-9-19(16)23/h6-11H,12-13,24H2,1-5H3. The maximum Gasteiger partial charge on any atom is 0.210 e. The SMILES string of the molecule is Cc1cc(C(C)(C)C)cc(C)c1CSc1nnc(Cc2ccccc2F)n1N. The minimum absolute atomic E-state index is 0.125. The average Bonchev–Trinajstić information content (AvgIpc) is 2.95. The van der Waals surface area contributed by atoms with Crippen LogP contribution in [0.2, 0.25) is 0 Å². The number of nitrogens with two attached hydrogens (primary N) is 1. The summed E-state index contributed by atoms with van der Waals surface area (Å²) < 4.78 is 15.3. The zero-order chi connectivity index (χ0) is 20.5. The van der Waals surface area contributed by atoms with Crippen LogP contribution in [0, 0.1) is 19.7 Å². The van der Waals surface area contributed by atoms with Gasteiger partial charge in [-0.3, -0.25) is 0 Å². The summed E-state index contributed by atoms with van der Waals surface area (Å²) in [6.07, 6.45) is 0.315. The van der Waals surface area contributed by atoms with E-state index in [9.17, 15) is 4.39 Å². The molecule has 3 rings (SSSR count). The maximum absolute atomic E-state index is 13.9. The fourth-order valence-electron chi connectivity index (χ4n) is 3.13. The monoisotopic (exact) mass is 398 g/mol. The van der Waals surface area contributed by atoms with Crippen LogP contribution in [-0.2, 0) is 17.6 Å². The molecule has 0 unspecified atom stereocenters. The number of aromatic nitrogens is 3. The molecule has 6 heteroatoms. The lowest BCUT2D eigenvalue weighted by molar-refractivity contribution is 0.589. The molecular weight excluding hydrogens is 371 g/mol. The minimum atomic E-state index is -0.259. The number of thioether (sulfide) groups is 1. The van der Waals surface area contributed by atoms with Gasteiger partial charge in [0.05, 0.1) is 0 Å². The molecule has 0 saturated heterocycles. The molecule has 0 amide bonds. The molecule has 0 radical (unpaired) electrons. The van der Waals surface area contributed by atoms with Crippen LogP contribution < -0.4 is 5.84 Å². The summed E-state index contributed by atoms with van der Waals surface area (Å²) in [4.78, 5) is 0. The topological polar surface area (TPSA) is 56.7 Å². The van der Waals surface area contributed by atoms with Crippen molar-refractivity contribution in [2.75, 3.05) is 5.84 Å². The molecule has 3 aromatic rings. The Morgan fingerprint density at radius 3 is 2.32 bits per heavy atom.